The summed E-state index contributed by atoms with van der Waals surface area (Å²) >= 11 is 1.19. The van der Waals surface area contributed by atoms with Crippen molar-refractivity contribution in [3.63, 3.8) is 0 Å². The second-order valence-electron chi connectivity index (χ2n) is 9.64. The minimum absolute atomic E-state index is 0.150. The lowest BCUT2D eigenvalue weighted by atomic mass is 10.1. The molecular weight excluding hydrogens is 569 g/mol. The summed E-state index contributed by atoms with van der Waals surface area (Å²) in [5.41, 5.74) is -2.94. The van der Waals surface area contributed by atoms with E-state index in [1.165, 1.54) is 30.6 Å². The number of rotatable bonds is 13. The lowest BCUT2D eigenvalue weighted by Crippen LogP contribution is -2.46. The first kappa shape index (κ1) is 34.1. The van der Waals surface area contributed by atoms with Gasteiger partial charge in [0.15, 0.2) is 0 Å². The number of hydrogen-bond donors (Lipinski definition) is 1. The molecule has 1 N–H and O–H groups in total. The molecule has 1 aromatic heterocycles. The number of thiophene rings is 1. The number of likely N-dealkylation sites (N-methyl/N-ethyl adjacent to an activating group) is 2. The Hall–Kier alpha value is -2.14. The minimum Gasteiger partial charge on any atom is -0.468 e. The molecule has 0 spiro atoms. The topological polar surface area (TPSA) is 79.0 Å². The van der Waals surface area contributed by atoms with Gasteiger partial charge in [-0.05, 0) is 77.1 Å². The summed E-state index contributed by atoms with van der Waals surface area (Å²) in [5, 5.41) is 3.35. The van der Waals surface area contributed by atoms with Crippen LogP contribution in [0.25, 0.3) is 10.1 Å². The Balaban J connectivity index is 0.00000274. The predicted octanol–water partition coefficient (Wildman–Crippen LogP) is 5.39. The number of aldehydes is 1. The number of carbonyl (C=O) groups excluding carboxylic acids is 3. The first-order valence-electron chi connectivity index (χ1n) is 12.9. The van der Waals surface area contributed by atoms with Crippen molar-refractivity contribution in [1.29, 1.82) is 0 Å². The van der Waals surface area contributed by atoms with E-state index in [1.807, 2.05) is 18.9 Å². The zero-order chi connectivity index (χ0) is 30.0. The molecule has 2 aromatic rings. The zero-order valence-electron chi connectivity index (χ0n) is 23.4. The monoisotopic (exact) mass is 607 g/mol. The van der Waals surface area contributed by atoms with Crippen LogP contribution in [0, 0.1) is 0 Å². The summed E-state index contributed by atoms with van der Waals surface area (Å²) in [6.07, 6.45) is 3.16. The van der Waals surface area contributed by atoms with Crippen LogP contribution in [0.15, 0.2) is 24.3 Å². The molecule has 0 aliphatic carbocycles. The van der Waals surface area contributed by atoms with E-state index in [1.54, 1.807) is 12.1 Å². The summed E-state index contributed by atoms with van der Waals surface area (Å²) in [4.78, 5) is 41.1. The van der Waals surface area contributed by atoms with Gasteiger partial charge in [-0.2, -0.15) is 0 Å². The normalized spacial score (nSPS) is 19.4. The van der Waals surface area contributed by atoms with Crippen LogP contribution in [-0.2, 0) is 14.3 Å². The fraction of sp³-hybridized carbons (Fsp3) is 0.593. The molecule has 7 nitrogen and oxygen atoms in total. The molecule has 0 bridgehead atoms. The Labute approximate surface area is 238 Å². The molecule has 1 saturated heterocycles. The Morgan fingerprint density at radius 2 is 2.00 bits per heavy atom. The van der Waals surface area contributed by atoms with Crippen molar-refractivity contribution in [3.8, 4) is 0 Å². The fourth-order valence-electron chi connectivity index (χ4n) is 4.77. The average Bonchev–Trinajstić information content (AvgIpc) is 3.52. The molecule has 5 unspecified atom stereocenters. The van der Waals surface area contributed by atoms with E-state index in [4.69, 9.17) is 4.74 Å². The number of ether oxygens (including phenoxy) is 1. The third kappa shape index (κ3) is 9.46. The summed E-state index contributed by atoms with van der Waals surface area (Å²) in [5.74, 6) is -2.43. The van der Waals surface area contributed by atoms with E-state index >= 15 is 0 Å². The third-order valence-corrected chi connectivity index (χ3v) is 9.12. The van der Waals surface area contributed by atoms with Gasteiger partial charge in [-0.25, -0.2) is 13.2 Å². The number of alkyl halides is 4. The minimum atomic E-state index is -3.09. The molecule has 0 radical (unpaired) electrons. The van der Waals surface area contributed by atoms with E-state index < -0.39 is 32.1 Å². The maximum atomic E-state index is 14.3. The molecular formula is C27H38F4N3O4PS. The number of halogens is 4. The van der Waals surface area contributed by atoms with Gasteiger partial charge in [0, 0.05) is 24.2 Å². The van der Waals surface area contributed by atoms with Gasteiger partial charge in [0.25, 0.3) is 11.6 Å². The SMILES string of the molecule is CCN(CCC1CCC(C(=O)OC)N1C)CC(C=O)NC(=O)c1cc2cc(C(F)PC(C)(F)F)ccc2s1.CF. The van der Waals surface area contributed by atoms with Crippen LogP contribution in [0.4, 0.5) is 17.6 Å². The highest BCUT2D eigenvalue weighted by atomic mass is 32.1. The van der Waals surface area contributed by atoms with Crippen molar-refractivity contribution in [2.45, 2.75) is 62.8 Å². The summed E-state index contributed by atoms with van der Waals surface area (Å²) < 4.78 is 55.9. The number of likely N-dealkylation sites (tertiary alicyclic amines) is 1. The molecule has 0 saturated carbocycles. The lowest BCUT2D eigenvalue weighted by Gasteiger charge is -2.28. The van der Waals surface area contributed by atoms with Crippen LogP contribution < -0.4 is 5.32 Å². The van der Waals surface area contributed by atoms with Crippen LogP contribution in [0.1, 0.15) is 54.3 Å². The first-order chi connectivity index (χ1) is 18.9. The molecule has 1 amide bonds. The van der Waals surface area contributed by atoms with Gasteiger partial charge < -0.3 is 19.7 Å². The van der Waals surface area contributed by atoms with Crippen LogP contribution in [0.2, 0.25) is 0 Å². The van der Waals surface area contributed by atoms with Crippen LogP contribution >= 0.6 is 19.9 Å². The number of nitrogens with zero attached hydrogens (tertiary/aromatic N) is 2. The van der Waals surface area contributed by atoms with Gasteiger partial charge in [0.05, 0.1) is 25.2 Å². The zero-order valence-corrected chi connectivity index (χ0v) is 25.2. The first-order valence-corrected chi connectivity index (χ1v) is 14.8. The molecule has 1 aliphatic heterocycles. The van der Waals surface area contributed by atoms with Gasteiger partial charge in [-0.15, -0.1) is 11.3 Å². The summed E-state index contributed by atoms with van der Waals surface area (Å²) in [7, 11) is 2.63. The molecule has 13 heteroatoms. The number of carbonyl (C=O) groups is 3. The number of benzene rings is 1. The molecule has 1 fully saturated rings. The molecule has 1 aliphatic rings. The standard InChI is InChI=1S/C26H35F3N3O4PS.CH3F/c1-5-32(11-10-19-7-8-20(31(19)3)25(35)36-4)14-18(15-33)30-24(34)22-13-17-12-16(6-9-21(17)38-22)23(27)37-26(2,28)29;1-2/h6,9,12-13,15,18-20,23,37H,5,7-8,10-11,14H2,1-4H3,(H,30,34);1H3. The van der Waals surface area contributed by atoms with Crippen molar-refractivity contribution >= 4 is 48.2 Å². The largest absolute Gasteiger partial charge is 0.468 e. The fourth-order valence-corrected chi connectivity index (χ4v) is 6.51. The molecule has 224 valence electrons. The number of fused-ring (bicyclic) bond motifs is 1. The van der Waals surface area contributed by atoms with Gasteiger partial charge in [-0.1, -0.05) is 13.0 Å². The number of amides is 1. The number of nitrogens with one attached hydrogen (secondary N) is 1. The third-order valence-electron chi connectivity index (χ3n) is 6.91. The second kappa shape index (κ2) is 15.7. The van der Waals surface area contributed by atoms with Crippen LogP contribution in [-0.4, -0.2) is 92.7 Å². The van der Waals surface area contributed by atoms with Crippen molar-refractivity contribution in [3.05, 3.63) is 34.7 Å². The Bertz CT molecular complexity index is 1130. The average molecular weight is 608 g/mol. The summed E-state index contributed by atoms with van der Waals surface area (Å²) in [6, 6.07) is 5.44. The Morgan fingerprint density at radius 3 is 2.60 bits per heavy atom. The van der Waals surface area contributed by atoms with Gasteiger partial charge >= 0.3 is 5.97 Å². The van der Waals surface area contributed by atoms with Gasteiger partial charge in [0.1, 0.15) is 18.2 Å². The summed E-state index contributed by atoms with van der Waals surface area (Å²) in [6.45, 7) is 4.40. The van der Waals surface area contributed by atoms with E-state index in [9.17, 15) is 31.9 Å². The number of hydrogen-bond acceptors (Lipinski definition) is 7. The molecule has 1 aromatic carbocycles. The van der Waals surface area contributed by atoms with E-state index in [-0.39, 0.29) is 23.6 Å². The molecule has 3 rings (SSSR count). The van der Waals surface area contributed by atoms with Crippen molar-refractivity contribution in [1.82, 2.24) is 15.1 Å². The van der Waals surface area contributed by atoms with E-state index in [2.05, 4.69) is 10.2 Å². The second-order valence-corrected chi connectivity index (χ2v) is 12.4. The van der Waals surface area contributed by atoms with Crippen molar-refractivity contribution < 1.29 is 36.7 Å². The van der Waals surface area contributed by atoms with Crippen LogP contribution in [0.5, 0.6) is 0 Å². The van der Waals surface area contributed by atoms with Gasteiger partial charge in [-0.3, -0.25) is 18.9 Å². The van der Waals surface area contributed by atoms with Crippen molar-refractivity contribution in [2.75, 3.05) is 41.0 Å². The highest BCUT2D eigenvalue weighted by Crippen LogP contribution is 2.48. The lowest BCUT2D eigenvalue weighted by molar-refractivity contribution is -0.145. The van der Waals surface area contributed by atoms with E-state index in [0.717, 1.165) is 24.0 Å². The predicted molar refractivity (Wildman–Crippen MR) is 152 cm³/mol. The number of esters is 1. The molecule has 40 heavy (non-hydrogen) atoms. The van der Waals surface area contributed by atoms with Crippen LogP contribution in [0.3, 0.4) is 0 Å². The molecule has 5 atom stereocenters. The highest BCUT2D eigenvalue weighted by molar-refractivity contribution is 7.39. The quantitative estimate of drug-likeness (QED) is 0.142. The smallest absolute Gasteiger partial charge is 0.323 e. The number of methoxy groups -OCH3 is 1. The maximum Gasteiger partial charge on any atom is 0.323 e. The highest BCUT2D eigenvalue weighted by Gasteiger charge is 2.35. The Kier molecular flexibility index (Phi) is 13.4. The maximum absolute atomic E-state index is 14.3. The molecule has 2 heterocycles. The van der Waals surface area contributed by atoms with Crippen molar-refractivity contribution in [2.24, 2.45) is 0 Å². The van der Waals surface area contributed by atoms with Gasteiger partial charge in [0.2, 0.25) is 0 Å². The Morgan fingerprint density at radius 1 is 1.30 bits per heavy atom. The van der Waals surface area contributed by atoms with E-state index in [0.29, 0.717) is 50.3 Å².